The lowest BCUT2D eigenvalue weighted by Crippen LogP contribution is -1.93. The van der Waals surface area contributed by atoms with E-state index >= 15 is 0 Å². The molecule has 0 saturated carbocycles. The molecule has 0 aliphatic carbocycles. The van der Waals surface area contributed by atoms with Crippen LogP contribution in [-0.4, -0.2) is 16.8 Å². The molecular weight excluding hydrogens is 142 g/mol. The molecule has 0 bridgehead atoms. The normalized spacial score (nSPS) is 9.18. The maximum Gasteiger partial charge on any atom is 0.250 e. The Morgan fingerprint density at radius 1 is 1.73 bits per heavy atom. The lowest BCUT2D eigenvalue weighted by Gasteiger charge is -1.95. The molecule has 1 heterocycles. The first-order valence-electron chi connectivity index (χ1n) is 3.37. The first-order valence-corrected chi connectivity index (χ1v) is 3.37. The smallest absolute Gasteiger partial charge is 0.250 e. The van der Waals surface area contributed by atoms with Crippen molar-refractivity contribution < 1.29 is 4.74 Å². The van der Waals surface area contributed by atoms with Crippen LogP contribution in [0.15, 0.2) is 0 Å². The van der Waals surface area contributed by atoms with E-state index in [9.17, 15) is 0 Å². The second-order valence-electron chi connectivity index (χ2n) is 2.07. The molecule has 0 spiro atoms. The molecule has 0 amide bonds. The van der Waals surface area contributed by atoms with E-state index in [-0.39, 0.29) is 0 Å². The van der Waals surface area contributed by atoms with Crippen LogP contribution in [0.5, 0.6) is 5.88 Å². The highest BCUT2D eigenvalue weighted by atomic mass is 16.5. The van der Waals surface area contributed by atoms with Crippen LogP contribution in [-0.2, 0) is 0 Å². The molecular formula is C7H9N3O. The van der Waals surface area contributed by atoms with Gasteiger partial charge in [-0.15, -0.1) is 5.10 Å². The maximum absolute atomic E-state index is 8.62. The lowest BCUT2D eigenvalue weighted by atomic mass is 10.3. The summed E-state index contributed by atoms with van der Waals surface area (Å²) in [5.41, 5.74) is 1.24. The maximum atomic E-state index is 8.62. The molecule has 1 aromatic heterocycles. The van der Waals surface area contributed by atoms with Crippen molar-refractivity contribution in [3.63, 3.8) is 0 Å². The van der Waals surface area contributed by atoms with Crippen LogP contribution in [0.2, 0.25) is 0 Å². The second kappa shape index (κ2) is 3.06. The summed E-state index contributed by atoms with van der Waals surface area (Å²) in [5.74, 6) is 0.396. The van der Waals surface area contributed by atoms with Gasteiger partial charge in [-0.3, -0.25) is 5.10 Å². The van der Waals surface area contributed by atoms with Gasteiger partial charge in [0.25, 0.3) is 5.88 Å². The number of hydrogen-bond donors (Lipinski definition) is 1. The van der Waals surface area contributed by atoms with E-state index in [0.717, 1.165) is 5.69 Å². The molecule has 4 nitrogen and oxygen atoms in total. The molecule has 1 rings (SSSR count). The highest BCUT2D eigenvalue weighted by Gasteiger charge is 2.08. The largest absolute Gasteiger partial charge is 0.476 e. The molecule has 1 N–H and O–H groups in total. The molecule has 4 heteroatoms. The minimum absolute atomic E-state index is 0.396. The van der Waals surface area contributed by atoms with Crippen molar-refractivity contribution in [2.75, 3.05) is 6.61 Å². The fraction of sp³-hybridized carbons (Fsp3) is 0.429. The third-order valence-corrected chi connectivity index (χ3v) is 1.31. The SMILES string of the molecule is CCOc1n[nH]c(C)c1C#N. The number of aromatic nitrogens is 2. The van der Waals surface area contributed by atoms with Gasteiger partial charge in [0.2, 0.25) is 0 Å². The molecule has 0 aliphatic heterocycles. The number of aryl methyl sites for hydroxylation is 1. The Balaban J connectivity index is 2.98. The number of H-pyrrole nitrogens is 1. The molecule has 0 unspecified atom stereocenters. The van der Waals surface area contributed by atoms with Gasteiger partial charge in [0.1, 0.15) is 11.6 Å². The van der Waals surface area contributed by atoms with Crippen molar-refractivity contribution in [2.24, 2.45) is 0 Å². The highest BCUT2D eigenvalue weighted by molar-refractivity contribution is 5.40. The van der Waals surface area contributed by atoms with Crippen molar-refractivity contribution in [2.45, 2.75) is 13.8 Å². The summed E-state index contributed by atoms with van der Waals surface area (Å²) in [4.78, 5) is 0. The molecule has 58 valence electrons. The van der Waals surface area contributed by atoms with Gasteiger partial charge >= 0.3 is 0 Å². The Labute approximate surface area is 64.8 Å². The zero-order chi connectivity index (χ0) is 8.27. The number of aromatic amines is 1. The Kier molecular flexibility index (Phi) is 2.12. The first-order chi connectivity index (χ1) is 5.29. The lowest BCUT2D eigenvalue weighted by molar-refractivity contribution is 0.325. The fourth-order valence-electron chi connectivity index (χ4n) is 0.780. The van der Waals surface area contributed by atoms with E-state index in [4.69, 9.17) is 10.00 Å². The van der Waals surface area contributed by atoms with Gasteiger partial charge in [-0.2, -0.15) is 5.26 Å². The minimum atomic E-state index is 0.396. The number of rotatable bonds is 2. The predicted octanol–water partition coefficient (Wildman–Crippen LogP) is 0.988. The van der Waals surface area contributed by atoms with Crippen LogP contribution in [0.1, 0.15) is 18.2 Å². The van der Waals surface area contributed by atoms with Crippen LogP contribution < -0.4 is 4.74 Å². The number of ether oxygens (including phenoxy) is 1. The molecule has 0 saturated heterocycles. The standard InChI is InChI=1S/C7H9N3O/c1-3-11-7-6(4-8)5(2)9-10-7/h3H2,1-2H3,(H,9,10). The number of nitrogens with one attached hydrogen (secondary N) is 1. The molecule has 11 heavy (non-hydrogen) atoms. The summed E-state index contributed by atoms with van der Waals surface area (Å²) >= 11 is 0. The van der Waals surface area contributed by atoms with E-state index in [1.54, 1.807) is 6.92 Å². The summed E-state index contributed by atoms with van der Waals surface area (Å²) in [5, 5.41) is 15.1. The van der Waals surface area contributed by atoms with Crippen molar-refractivity contribution in [3.8, 4) is 11.9 Å². The van der Waals surface area contributed by atoms with Crippen LogP contribution >= 0.6 is 0 Å². The number of nitriles is 1. The van der Waals surface area contributed by atoms with Crippen molar-refractivity contribution in [1.29, 1.82) is 5.26 Å². The van der Waals surface area contributed by atoms with Crippen LogP contribution in [0.25, 0.3) is 0 Å². The summed E-state index contributed by atoms with van der Waals surface area (Å²) < 4.78 is 5.08. The summed E-state index contributed by atoms with van der Waals surface area (Å²) in [6, 6.07) is 2.01. The second-order valence-corrected chi connectivity index (χ2v) is 2.07. The average molecular weight is 151 g/mol. The highest BCUT2D eigenvalue weighted by Crippen LogP contribution is 2.16. The molecule has 0 atom stereocenters. The topological polar surface area (TPSA) is 61.7 Å². The monoisotopic (exact) mass is 151 g/mol. The van der Waals surface area contributed by atoms with E-state index in [0.29, 0.717) is 18.1 Å². The van der Waals surface area contributed by atoms with Gasteiger partial charge in [0.05, 0.1) is 12.3 Å². The van der Waals surface area contributed by atoms with Gasteiger partial charge in [0.15, 0.2) is 0 Å². The van der Waals surface area contributed by atoms with Gasteiger partial charge in [0, 0.05) is 0 Å². The van der Waals surface area contributed by atoms with Crippen molar-refractivity contribution >= 4 is 0 Å². The van der Waals surface area contributed by atoms with E-state index < -0.39 is 0 Å². The summed E-state index contributed by atoms with van der Waals surface area (Å²) in [6.07, 6.45) is 0. The molecule has 0 aliphatic rings. The molecule has 0 fully saturated rings. The molecule has 1 aromatic rings. The number of nitrogens with zero attached hydrogens (tertiary/aromatic N) is 2. The molecule has 0 radical (unpaired) electrons. The minimum Gasteiger partial charge on any atom is -0.476 e. The van der Waals surface area contributed by atoms with Crippen LogP contribution in [0.4, 0.5) is 0 Å². The first kappa shape index (κ1) is 7.61. The van der Waals surface area contributed by atoms with E-state index in [2.05, 4.69) is 10.2 Å². The quantitative estimate of drug-likeness (QED) is 0.685. The average Bonchev–Trinajstić information content (AvgIpc) is 2.33. The van der Waals surface area contributed by atoms with Gasteiger partial charge < -0.3 is 4.74 Å². The molecule has 0 aromatic carbocycles. The van der Waals surface area contributed by atoms with Crippen LogP contribution in [0, 0.1) is 18.3 Å². The van der Waals surface area contributed by atoms with Crippen molar-refractivity contribution in [3.05, 3.63) is 11.3 Å². The van der Waals surface area contributed by atoms with Gasteiger partial charge in [-0.05, 0) is 13.8 Å². The van der Waals surface area contributed by atoms with E-state index in [1.165, 1.54) is 0 Å². The Hall–Kier alpha value is -1.50. The zero-order valence-corrected chi connectivity index (χ0v) is 6.51. The Morgan fingerprint density at radius 2 is 2.45 bits per heavy atom. The van der Waals surface area contributed by atoms with Crippen LogP contribution in [0.3, 0.4) is 0 Å². The van der Waals surface area contributed by atoms with E-state index in [1.807, 2.05) is 13.0 Å². The van der Waals surface area contributed by atoms with Gasteiger partial charge in [-0.25, -0.2) is 0 Å². The third kappa shape index (κ3) is 1.32. The predicted molar refractivity (Wildman–Crippen MR) is 39.2 cm³/mol. The Bertz CT molecular complexity index is 284. The van der Waals surface area contributed by atoms with Crippen molar-refractivity contribution in [1.82, 2.24) is 10.2 Å². The summed E-state index contributed by atoms with van der Waals surface area (Å²) in [6.45, 7) is 4.16. The van der Waals surface area contributed by atoms with Gasteiger partial charge in [-0.1, -0.05) is 0 Å². The Morgan fingerprint density at radius 3 is 3.00 bits per heavy atom. The zero-order valence-electron chi connectivity index (χ0n) is 6.51. The number of hydrogen-bond acceptors (Lipinski definition) is 3. The summed E-state index contributed by atoms with van der Waals surface area (Å²) in [7, 11) is 0. The third-order valence-electron chi connectivity index (χ3n) is 1.31. The fourth-order valence-corrected chi connectivity index (χ4v) is 0.780.